The van der Waals surface area contributed by atoms with E-state index in [4.69, 9.17) is 4.74 Å². The van der Waals surface area contributed by atoms with E-state index >= 15 is 0 Å². The molecule has 174 valence electrons. The predicted molar refractivity (Wildman–Crippen MR) is 120 cm³/mol. The maximum absolute atomic E-state index is 12.9. The number of nitrogens with one attached hydrogen (secondary N) is 2. The molecule has 4 rings (SSSR count). The zero-order valence-electron chi connectivity index (χ0n) is 19.3. The molecule has 8 nitrogen and oxygen atoms in total. The smallest absolute Gasteiger partial charge is 0.317 e. The van der Waals surface area contributed by atoms with Gasteiger partial charge < -0.3 is 25.2 Å². The van der Waals surface area contributed by atoms with Crippen molar-refractivity contribution in [3.63, 3.8) is 0 Å². The molecule has 3 fully saturated rings. The van der Waals surface area contributed by atoms with Crippen molar-refractivity contribution in [1.29, 1.82) is 0 Å². The maximum atomic E-state index is 12.9. The highest BCUT2D eigenvalue weighted by atomic mass is 16.5. The number of hydrogen-bond acceptors (Lipinski definition) is 4. The minimum atomic E-state index is -0.487. The molecule has 4 amide bonds. The van der Waals surface area contributed by atoms with Crippen molar-refractivity contribution >= 4 is 17.8 Å². The number of ether oxygens (including phenoxy) is 1. The summed E-state index contributed by atoms with van der Waals surface area (Å²) in [6, 6.07) is 7.61. The number of hydrogen-bond donors (Lipinski definition) is 2. The average molecular weight is 443 g/mol. The summed E-state index contributed by atoms with van der Waals surface area (Å²) in [6.45, 7) is 4.57. The summed E-state index contributed by atoms with van der Waals surface area (Å²) < 4.78 is 5.17. The Balaban J connectivity index is 1.38. The molecule has 0 unspecified atom stereocenters. The van der Waals surface area contributed by atoms with Crippen molar-refractivity contribution in [3.05, 3.63) is 29.8 Å². The molecule has 0 radical (unpaired) electrons. The van der Waals surface area contributed by atoms with Gasteiger partial charge in [0.2, 0.25) is 11.8 Å². The van der Waals surface area contributed by atoms with Gasteiger partial charge in [0.05, 0.1) is 12.5 Å². The number of benzene rings is 1. The Morgan fingerprint density at radius 3 is 2.34 bits per heavy atom. The third kappa shape index (κ3) is 3.80. The van der Waals surface area contributed by atoms with Crippen LogP contribution in [0, 0.1) is 16.7 Å². The molecule has 8 heteroatoms. The molecule has 32 heavy (non-hydrogen) atoms. The van der Waals surface area contributed by atoms with Crippen molar-refractivity contribution in [1.82, 2.24) is 20.4 Å². The number of likely N-dealkylation sites (tertiary alicyclic amines) is 2. The number of piperidine rings is 1. The van der Waals surface area contributed by atoms with Crippen LogP contribution in [0.25, 0.3) is 0 Å². The van der Waals surface area contributed by atoms with Gasteiger partial charge in [-0.3, -0.25) is 9.59 Å². The van der Waals surface area contributed by atoms with Gasteiger partial charge in [-0.25, -0.2) is 4.79 Å². The molecule has 1 aromatic carbocycles. The molecule has 2 atom stereocenters. The largest absolute Gasteiger partial charge is 0.497 e. The first-order valence-corrected chi connectivity index (χ1v) is 11.5. The quantitative estimate of drug-likeness (QED) is 0.746. The molecule has 2 saturated heterocycles. The highest BCUT2D eigenvalue weighted by Crippen LogP contribution is 2.62. The Morgan fingerprint density at radius 2 is 1.75 bits per heavy atom. The second kappa shape index (κ2) is 8.64. The number of urea groups is 1. The Bertz CT molecular complexity index is 878. The lowest BCUT2D eigenvalue weighted by Gasteiger charge is -2.44. The Hall–Kier alpha value is -2.77. The van der Waals surface area contributed by atoms with Gasteiger partial charge in [-0.15, -0.1) is 0 Å². The Kier molecular flexibility index (Phi) is 6.05. The fourth-order valence-corrected chi connectivity index (χ4v) is 6.21. The predicted octanol–water partition coefficient (Wildman–Crippen LogP) is 1.99. The summed E-state index contributed by atoms with van der Waals surface area (Å²) in [5, 5.41) is 5.88. The zero-order chi connectivity index (χ0) is 22.9. The number of amides is 4. The van der Waals surface area contributed by atoms with Gasteiger partial charge >= 0.3 is 6.03 Å². The van der Waals surface area contributed by atoms with Crippen LogP contribution in [-0.2, 0) is 16.1 Å². The van der Waals surface area contributed by atoms with Crippen LogP contribution < -0.4 is 15.4 Å². The van der Waals surface area contributed by atoms with E-state index in [0.717, 1.165) is 37.0 Å². The van der Waals surface area contributed by atoms with Gasteiger partial charge in [0, 0.05) is 46.7 Å². The molecular weight excluding hydrogens is 408 g/mol. The number of rotatable bonds is 4. The van der Waals surface area contributed by atoms with Crippen LogP contribution in [-0.4, -0.2) is 68.0 Å². The second-order valence-corrected chi connectivity index (χ2v) is 9.54. The lowest BCUT2D eigenvalue weighted by atomic mass is 9.65. The van der Waals surface area contributed by atoms with Gasteiger partial charge in [-0.2, -0.15) is 0 Å². The lowest BCUT2D eigenvalue weighted by molar-refractivity contribution is -0.133. The van der Waals surface area contributed by atoms with Crippen LogP contribution in [0.15, 0.2) is 24.3 Å². The van der Waals surface area contributed by atoms with Crippen LogP contribution in [0.1, 0.15) is 38.2 Å². The summed E-state index contributed by atoms with van der Waals surface area (Å²) in [5.41, 5.74) is 0.553. The number of carbonyl (C=O) groups is 3. The van der Waals surface area contributed by atoms with E-state index in [9.17, 15) is 14.4 Å². The minimum absolute atomic E-state index is 0.0173. The highest BCUT2D eigenvalue weighted by molar-refractivity contribution is 5.86. The van der Waals surface area contributed by atoms with E-state index in [-0.39, 0.29) is 29.2 Å². The van der Waals surface area contributed by atoms with Gasteiger partial charge in [-0.1, -0.05) is 12.1 Å². The minimum Gasteiger partial charge on any atom is -0.497 e. The van der Waals surface area contributed by atoms with Crippen molar-refractivity contribution in [2.75, 3.05) is 40.3 Å². The first-order chi connectivity index (χ1) is 15.3. The summed E-state index contributed by atoms with van der Waals surface area (Å²) >= 11 is 0. The van der Waals surface area contributed by atoms with E-state index < -0.39 is 5.41 Å². The van der Waals surface area contributed by atoms with Gasteiger partial charge in [0.1, 0.15) is 5.75 Å². The van der Waals surface area contributed by atoms with E-state index in [1.165, 1.54) is 0 Å². The molecule has 1 aliphatic carbocycles. The molecular formula is C24H34N4O4. The molecule has 0 aromatic heterocycles. The molecule has 1 aromatic rings. The van der Waals surface area contributed by atoms with Crippen LogP contribution in [0.3, 0.4) is 0 Å². The van der Waals surface area contributed by atoms with E-state index in [1.807, 2.05) is 34.1 Å². The fraction of sp³-hybridized carbons (Fsp3) is 0.625. The number of nitrogens with zero attached hydrogens (tertiary/aromatic N) is 2. The summed E-state index contributed by atoms with van der Waals surface area (Å²) in [4.78, 5) is 41.5. The number of carbonyl (C=O) groups excluding carboxylic acids is 3. The van der Waals surface area contributed by atoms with Gasteiger partial charge in [-0.05, 0) is 54.7 Å². The number of methoxy groups -OCH3 is 1. The van der Waals surface area contributed by atoms with Crippen molar-refractivity contribution in [3.8, 4) is 5.75 Å². The molecule has 1 saturated carbocycles. The lowest BCUT2D eigenvalue weighted by Crippen LogP contribution is -2.51. The summed E-state index contributed by atoms with van der Waals surface area (Å²) in [7, 11) is 3.32. The third-order valence-electron chi connectivity index (χ3n) is 8.13. The highest BCUT2D eigenvalue weighted by Gasteiger charge is 2.64. The molecule has 2 aliphatic heterocycles. The topological polar surface area (TPSA) is 91.0 Å². The van der Waals surface area contributed by atoms with Crippen molar-refractivity contribution in [2.24, 2.45) is 16.7 Å². The van der Waals surface area contributed by atoms with E-state index in [1.54, 1.807) is 21.1 Å². The van der Waals surface area contributed by atoms with E-state index in [2.05, 4.69) is 10.6 Å². The third-order valence-corrected chi connectivity index (χ3v) is 8.13. The fourth-order valence-electron chi connectivity index (χ4n) is 6.21. The first kappa shape index (κ1) is 22.4. The van der Waals surface area contributed by atoms with Crippen molar-refractivity contribution < 1.29 is 19.1 Å². The van der Waals surface area contributed by atoms with Crippen LogP contribution in [0.4, 0.5) is 4.79 Å². The van der Waals surface area contributed by atoms with Gasteiger partial charge in [0.25, 0.3) is 0 Å². The Labute approximate surface area is 189 Å². The van der Waals surface area contributed by atoms with Crippen molar-refractivity contribution in [2.45, 2.75) is 39.2 Å². The molecule has 2 N–H and O–H groups in total. The first-order valence-electron chi connectivity index (χ1n) is 11.5. The summed E-state index contributed by atoms with van der Waals surface area (Å²) in [6.07, 6.45) is 3.54. The molecule has 0 bridgehead atoms. The van der Waals surface area contributed by atoms with Crippen LogP contribution in [0.2, 0.25) is 0 Å². The average Bonchev–Trinajstić information content (AvgIpc) is 3.35. The molecule has 1 spiro atoms. The van der Waals surface area contributed by atoms with E-state index in [0.29, 0.717) is 32.7 Å². The number of fused-ring (bicyclic) bond motifs is 2. The normalized spacial score (nSPS) is 26.0. The maximum Gasteiger partial charge on any atom is 0.317 e. The standard InChI is InChI=1S/C24H34N4O4/c1-17(29)28-15-20-23(8-9-24(20,16-28)21(30)25-2)10-12-27(13-11-23)22(31)26-14-18-4-6-19(32-3)7-5-18/h4-7,20H,8-16H2,1-3H3,(H,25,30)(H,26,31)/t20-,24+/m0/s1. The second-order valence-electron chi connectivity index (χ2n) is 9.54. The van der Waals surface area contributed by atoms with Crippen LogP contribution in [0.5, 0.6) is 5.75 Å². The molecule has 3 aliphatic rings. The Morgan fingerprint density at radius 1 is 1.06 bits per heavy atom. The monoisotopic (exact) mass is 442 g/mol. The van der Waals surface area contributed by atoms with Crippen LogP contribution >= 0.6 is 0 Å². The zero-order valence-corrected chi connectivity index (χ0v) is 19.3. The molecule has 2 heterocycles. The van der Waals surface area contributed by atoms with Gasteiger partial charge in [0.15, 0.2) is 0 Å². The SMILES string of the molecule is CNC(=O)[C@@]12CCC3(CCN(C(=O)NCc4ccc(OC)cc4)CC3)[C@@H]1CN(C(C)=O)C2. The summed E-state index contributed by atoms with van der Waals surface area (Å²) in [5.74, 6) is 1.04.